The molecule has 1 heterocycles. The topological polar surface area (TPSA) is 9.23 Å². The van der Waals surface area contributed by atoms with E-state index < -0.39 is 5.60 Å². The Morgan fingerprint density at radius 2 is 1.45 bits per heavy atom. The second-order valence-corrected chi connectivity index (χ2v) is 8.24. The molecule has 0 bridgehead atoms. The van der Waals surface area contributed by atoms with Crippen LogP contribution in [0.3, 0.4) is 0 Å². The molecule has 1 aliphatic heterocycles. The molecular weight excluding hydrogens is 376 g/mol. The van der Waals surface area contributed by atoms with E-state index in [2.05, 4.69) is 84.9 Å². The Kier molecular flexibility index (Phi) is 3.71. The van der Waals surface area contributed by atoms with E-state index in [1.807, 2.05) is 12.1 Å². The molecule has 0 spiro atoms. The Labute approximate surface area is 175 Å². The van der Waals surface area contributed by atoms with Crippen LogP contribution in [0.2, 0.25) is 5.02 Å². The number of ether oxygens (including phenoxy) is 1. The van der Waals surface area contributed by atoms with E-state index in [1.165, 1.54) is 38.9 Å². The van der Waals surface area contributed by atoms with Crippen LogP contribution in [0.5, 0.6) is 0 Å². The number of hydrogen-bond acceptors (Lipinski definition) is 1. The number of benzene rings is 4. The molecule has 0 saturated heterocycles. The fraction of sp³-hybridized carbons (Fsp3) is 0.111. The van der Waals surface area contributed by atoms with Crippen LogP contribution in [0.15, 0.2) is 97.1 Å². The molecule has 0 amide bonds. The Balaban J connectivity index is 1.75. The first-order chi connectivity index (χ1) is 14.3. The molecule has 2 aliphatic rings. The van der Waals surface area contributed by atoms with Gasteiger partial charge in [0.2, 0.25) is 0 Å². The monoisotopic (exact) mass is 394 g/mol. The fourth-order valence-electron chi connectivity index (χ4n) is 5.24. The Morgan fingerprint density at radius 1 is 0.724 bits per heavy atom. The molecule has 0 aromatic heterocycles. The summed E-state index contributed by atoms with van der Waals surface area (Å²) in [5.41, 5.74) is 8.32. The first kappa shape index (κ1) is 17.0. The Hall–Kier alpha value is -2.87. The van der Waals surface area contributed by atoms with Crippen molar-refractivity contribution in [3.8, 4) is 11.1 Å². The van der Waals surface area contributed by atoms with Crippen molar-refractivity contribution in [3.63, 3.8) is 0 Å². The molecule has 4 aromatic rings. The zero-order valence-corrected chi connectivity index (χ0v) is 16.6. The van der Waals surface area contributed by atoms with Gasteiger partial charge in [0, 0.05) is 16.5 Å². The van der Waals surface area contributed by atoms with Gasteiger partial charge in [-0.3, -0.25) is 0 Å². The van der Waals surface area contributed by atoms with Gasteiger partial charge in [-0.05, 0) is 45.5 Å². The number of hydrogen-bond donors (Lipinski definition) is 0. The second-order valence-electron chi connectivity index (χ2n) is 7.80. The summed E-state index contributed by atoms with van der Waals surface area (Å²) >= 11 is 6.23. The highest BCUT2D eigenvalue weighted by Gasteiger charge is 2.53. The van der Waals surface area contributed by atoms with Crippen molar-refractivity contribution in [1.82, 2.24) is 0 Å². The zero-order valence-electron chi connectivity index (χ0n) is 15.8. The summed E-state index contributed by atoms with van der Waals surface area (Å²) in [6.07, 6.45) is 0. The van der Waals surface area contributed by atoms with Gasteiger partial charge < -0.3 is 4.74 Å². The first-order valence-electron chi connectivity index (χ1n) is 9.95. The summed E-state index contributed by atoms with van der Waals surface area (Å²) in [5, 5.41) is 0.750. The maximum absolute atomic E-state index is 6.80. The maximum atomic E-state index is 6.80. The SMILES string of the molecule is Clc1ccc([C@@H]2c3ccccc3-c3cccc4c3[C@]2(c2ccccc2)OC4)cc1. The van der Waals surface area contributed by atoms with Gasteiger partial charge >= 0.3 is 0 Å². The lowest BCUT2D eigenvalue weighted by Gasteiger charge is -2.44. The summed E-state index contributed by atoms with van der Waals surface area (Å²) < 4.78 is 6.80. The van der Waals surface area contributed by atoms with Crippen LogP contribution >= 0.6 is 11.6 Å². The molecule has 4 aromatic carbocycles. The molecule has 2 heteroatoms. The molecule has 6 rings (SSSR count). The van der Waals surface area contributed by atoms with Gasteiger partial charge in [-0.1, -0.05) is 96.5 Å². The summed E-state index contributed by atoms with van der Waals surface area (Å²) in [7, 11) is 0. The standard InChI is InChI=1S/C27H19ClO/c28-21-15-13-18(14-16-21)25-23-11-5-4-10-22(23)24-12-6-7-19-17-29-27(25,26(19)24)20-8-2-1-3-9-20/h1-16,25H,17H2/t25-,27-/m1/s1. The largest absolute Gasteiger partial charge is 0.360 e. The predicted octanol–water partition coefficient (Wildman–Crippen LogP) is 6.93. The quantitative estimate of drug-likeness (QED) is 0.358. The highest BCUT2D eigenvalue weighted by atomic mass is 35.5. The van der Waals surface area contributed by atoms with E-state index in [9.17, 15) is 0 Å². The van der Waals surface area contributed by atoms with Crippen LogP contribution in [0, 0.1) is 0 Å². The van der Waals surface area contributed by atoms with Crippen LogP contribution < -0.4 is 0 Å². The van der Waals surface area contributed by atoms with Crippen LogP contribution in [0.1, 0.15) is 33.7 Å². The van der Waals surface area contributed by atoms with E-state index in [0.29, 0.717) is 6.61 Å². The molecule has 0 unspecified atom stereocenters. The predicted molar refractivity (Wildman–Crippen MR) is 117 cm³/mol. The van der Waals surface area contributed by atoms with Gasteiger partial charge in [-0.15, -0.1) is 0 Å². The van der Waals surface area contributed by atoms with Crippen molar-refractivity contribution < 1.29 is 4.74 Å². The lowest BCUT2D eigenvalue weighted by Crippen LogP contribution is -2.38. The number of halogens is 1. The molecule has 1 nitrogen and oxygen atoms in total. The third-order valence-corrected chi connectivity index (χ3v) is 6.60. The minimum absolute atomic E-state index is 0.0505. The average molecular weight is 395 g/mol. The van der Waals surface area contributed by atoms with Crippen LogP contribution in [0.25, 0.3) is 11.1 Å². The molecular formula is C27H19ClO. The molecule has 0 radical (unpaired) electrons. The summed E-state index contributed by atoms with van der Waals surface area (Å²) in [6.45, 7) is 0.621. The third kappa shape index (κ3) is 2.32. The van der Waals surface area contributed by atoms with Gasteiger partial charge in [0.25, 0.3) is 0 Å². The van der Waals surface area contributed by atoms with Crippen molar-refractivity contribution in [1.29, 1.82) is 0 Å². The normalized spacial score (nSPS) is 21.5. The zero-order chi connectivity index (χ0) is 19.4. The lowest BCUT2D eigenvalue weighted by molar-refractivity contribution is -0.0184. The lowest BCUT2D eigenvalue weighted by atomic mass is 9.63. The Bertz CT molecular complexity index is 1210. The molecule has 0 saturated carbocycles. The van der Waals surface area contributed by atoms with Gasteiger partial charge in [0.1, 0.15) is 5.60 Å². The Morgan fingerprint density at radius 3 is 2.28 bits per heavy atom. The van der Waals surface area contributed by atoms with Crippen molar-refractivity contribution in [2.24, 2.45) is 0 Å². The highest BCUT2D eigenvalue weighted by molar-refractivity contribution is 6.30. The van der Waals surface area contributed by atoms with Crippen LogP contribution in [0.4, 0.5) is 0 Å². The first-order valence-corrected chi connectivity index (χ1v) is 10.3. The van der Waals surface area contributed by atoms with Crippen molar-refractivity contribution in [2.75, 3.05) is 0 Å². The molecule has 1 aliphatic carbocycles. The highest BCUT2D eigenvalue weighted by Crippen LogP contribution is 2.60. The summed E-state index contributed by atoms with van der Waals surface area (Å²) in [5.74, 6) is 0.0505. The van der Waals surface area contributed by atoms with Crippen LogP contribution in [-0.2, 0) is 16.9 Å². The van der Waals surface area contributed by atoms with Gasteiger partial charge in [0.15, 0.2) is 0 Å². The van der Waals surface area contributed by atoms with E-state index in [0.717, 1.165) is 5.02 Å². The molecule has 29 heavy (non-hydrogen) atoms. The van der Waals surface area contributed by atoms with E-state index in [-0.39, 0.29) is 5.92 Å². The third-order valence-electron chi connectivity index (χ3n) is 6.35. The van der Waals surface area contributed by atoms with Crippen molar-refractivity contribution in [2.45, 2.75) is 18.1 Å². The molecule has 0 fully saturated rings. The van der Waals surface area contributed by atoms with Gasteiger partial charge in [-0.2, -0.15) is 0 Å². The van der Waals surface area contributed by atoms with Crippen LogP contribution in [-0.4, -0.2) is 0 Å². The minimum atomic E-state index is -0.546. The summed E-state index contributed by atoms with van der Waals surface area (Å²) in [4.78, 5) is 0. The molecule has 140 valence electrons. The fourth-order valence-corrected chi connectivity index (χ4v) is 5.36. The molecule has 2 atom stereocenters. The van der Waals surface area contributed by atoms with Crippen molar-refractivity contribution >= 4 is 11.6 Å². The molecule has 0 N–H and O–H groups in total. The van der Waals surface area contributed by atoms with E-state index in [4.69, 9.17) is 16.3 Å². The van der Waals surface area contributed by atoms with E-state index in [1.54, 1.807) is 0 Å². The summed E-state index contributed by atoms with van der Waals surface area (Å²) in [6, 6.07) is 34.2. The smallest absolute Gasteiger partial charge is 0.130 e. The maximum Gasteiger partial charge on any atom is 0.130 e. The van der Waals surface area contributed by atoms with Gasteiger partial charge in [0.05, 0.1) is 6.61 Å². The van der Waals surface area contributed by atoms with E-state index >= 15 is 0 Å². The second kappa shape index (κ2) is 6.32. The van der Waals surface area contributed by atoms with Crippen molar-refractivity contribution in [3.05, 3.63) is 130 Å². The van der Waals surface area contributed by atoms with Gasteiger partial charge in [-0.25, -0.2) is 0 Å². The number of rotatable bonds is 2. The minimum Gasteiger partial charge on any atom is -0.360 e. The number of fused-ring (bicyclic) bond motifs is 2. The average Bonchev–Trinajstić information content (AvgIpc) is 3.17.